The molecule has 98 valence electrons. The molecule has 2 heterocycles. The Balaban J connectivity index is 2.33. The van der Waals surface area contributed by atoms with Gasteiger partial charge < -0.3 is 4.90 Å². The van der Waals surface area contributed by atoms with E-state index in [1.54, 1.807) is 13.0 Å². The van der Waals surface area contributed by atoms with Crippen LogP contribution in [0.2, 0.25) is 5.15 Å². The summed E-state index contributed by atoms with van der Waals surface area (Å²) in [6.45, 7) is 1.45. The van der Waals surface area contributed by atoms with Gasteiger partial charge in [0, 0.05) is 13.0 Å². The predicted molar refractivity (Wildman–Crippen MR) is 64.8 cm³/mol. The van der Waals surface area contributed by atoms with Crippen LogP contribution in [-0.4, -0.2) is 31.1 Å². The molecule has 1 aromatic heterocycles. The summed E-state index contributed by atoms with van der Waals surface area (Å²) in [5, 5.41) is -1.03. The van der Waals surface area contributed by atoms with Crippen molar-refractivity contribution in [2.75, 3.05) is 11.4 Å². The maximum atomic E-state index is 12.9. The lowest BCUT2D eigenvalue weighted by molar-refractivity contribution is -0.117. The highest BCUT2D eigenvalue weighted by atomic mass is 35.5. The number of rotatable bonds is 2. The van der Waals surface area contributed by atoms with Crippen molar-refractivity contribution in [3.05, 3.63) is 23.0 Å². The number of hydrogen-bond donors (Lipinski definition) is 0. The molecular formula is C10H10ClFN2O3S. The Kier molecular flexibility index (Phi) is 3.29. The number of anilines is 1. The van der Waals surface area contributed by atoms with E-state index in [1.165, 1.54) is 11.0 Å². The first-order valence-corrected chi connectivity index (χ1v) is 6.98. The lowest BCUT2D eigenvalue weighted by Crippen LogP contribution is -2.27. The predicted octanol–water partition coefficient (Wildman–Crippen LogP) is 1.45. The number of amides is 1. The molecule has 0 aliphatic carbocycles. The van der Waals surface area contributed by atoms with Gasteiger partial charge in [-0.2, -0.15) is 8.42 Å². The summed E-state index contributed by atoms with van der Waals surface area (Å²) in [7, 11) is -4.71. The van der Waals surface area contributed by atoms with Crippen LogP contribution >= 0.6 is 11.6 Å². The number of aromatic nitrogens is 1. The second-order valence-corrected chi connectivity index (χ2v) is 6.05. The monoisotopic (exact) mass is 292 g/mol. The quantitative estimate of drug-likeness (QED) is 0.611. The van der Waals surface area contributed by atoms with Crippen molar-refractivity contribution in [2.45, 2.75) is 18.6 Å². The summed E-state index contributed by atoms with van der Waals surface area (Å²) in [6.07, 6.45) is -0.346. The lowest BCUT2D eigenvalue weighted by atomic mass is 10.3. The van der Waals surface area contributed by atoms with Crippen molar-refractivity contribution in [3.63, 3.8) is 0 Å². The summed E-state index contributed by atoms with van der Waals surface area (Å²) in [5.41, 5.74) is 0.948. The minimum Gasteiger partial charge on any atom is -0.309 e. The zero-order chi connectivity index (χ0) is 13.5. The molecule has 0 spiro atoms. The SMILES string of the molecule is Cc1nc(Cl)ccc1N1CC(S(=O)(=O)F)CC1=O. The van der Waals surface area contributed by atoms with Crippen LogP contribution in [0, 0.1) is 6.92 Å². The van der Waals surface area contributed by atoms with Gasteiger partial charge in [-0.3, -0.25) is 4.79 Å². The van der Waals surface area contributed by atoms with Crippen molar-refractivity contribution in [1.29, 1.82) is 0 Å². The molecule has 5 nitrogen and oxygen atoms in total. The van der Waals surface area contributed by atoms with Crippen molar-refractivity contribution >= 4 is 33.4 Å². The van der Waals surface area contributed by atoms with E-state index < -0.39 is 21.4 Å². The Morgan fingerprint density at radius 1 is 1.50 bits per heavy atom. The highest BCUT2D eigenvalue weighted by Gasteiger charge is 2.39. The molecule has 0 saturated carbocycles. The summed E-state index contributed by atoms with van der Waals surface area (Å²) in [5.74, 6) is -0.437. The zero-order valence-corrected chi connectivity index (χ0v) is 11.0. The van der Waals surface area contributed by atoms with Gasteiger partial charge in [-0.1, -0.05) is 11.6 Å². The van der Waals surface area contributed by atoms with E-state index in [0.29, 0.717) is 11.4 Å². The Hall–Kier alpha value is -1.21. The van der Waals surface area contributed by atoms with Gasteiger partial charge in [-0.05, 0) is 19.1 Å². The minimum atomic E-state index is -4.71. The number of nitrogens with zero attached hydrogens (tertiary/aromatic N) is 2. The van der Waals surface area contributed by atoms with Crippen LogP contribution in [0.15, 0.2) is 12.1 Å². The fraction of sp³-hybridized carbons (Fsp3) is 0.400. The Labute approximate surface area is 109 Å². The molecule has 2 rings (SSSR count). The fourth-order valence-electron chi connectivity index (χ4n) is 1.90. The van der Waals surface area contributed by atoms with Gasteiger partial charge in [-0.15, -0.1) is 3.89 Å². The molecule has 8 heteroatoms. The van der Waals surface area contributed by atoms with Crippen LogP contribution in [0.4, 0.5) is 9.57 Å². The van der Waals surface area contributed by atoms with Crippen molar-refractivity contribution in [3.8, 4) is 0 Å². The first kappa shape index (κ1) is 13.2. The molecule has 0 radical (unpaired) electrons. The molecule has 1 amide bonds. The van der Waals surface area contributed by atoms with Crippen molar-refractivity contribution in [1.82, 2.24) is 4.98 Å². The molecule has 1 aromatic rings. The number of carbonyl (C=O) groups excluding carboxylic acids is 1. The van der Waals surface area contributed by atoms with Crippen LogP contribution in [0.3, 0.4) is 0 Å². The molecule has 0 bridgehead atoms. The Bertz CT molecular complexity index is 605. The summed E-state index contributed by atoms with van der Waals surface area (Å²) < 4.78 is 34.5. The van der Waals surface area contributed by atoms with Crippen LogP contribution in [-0.2, 0) is 15.0 Å². The summed E-state index contributed by atoms with van der Waals surface area (Å²) in [4.78, 5) is 16.9. The Morgan fingerprint density at radius 3 is 2.67 bits per heavy atom. The number of pyridine rings is 1. The number of aryl methyl sites for hydroxylation is 1. The van der Waals surface area contributed by atoms with Gasteiger partial charge in [-0.25, -0.2) is 4.98 Å². The first-order chi connectivity index (χ1) is 8.29. The zero-order valence-electron chi connectivity index (χ0n) is 9.43. The third kappa shape index (κ3) is 2.46. The van der Waals surface area contributed by atoms with Crippen LogP contribution in [0.5, 0.6) is 0 Å². The average Bonchev–Trinajstić information content (AvgIpc) is 2.60. The number of carbonyl (C=O) groups is 1. The minimum absolute atomic E-state index is 0.193. The fourth-order valence-corrected chi connectivity index (χ4v) is 2.76. The topological polar surface area (TPSA) is 67.3 Å². The molecule has 18 heavy (non-hydrogen) atoms. The molecule has 1 aliphatic rings. The van der Waals surface area contributed by atoms with E-state index in [0.717, 1.165) is 0 Å². The first-order valence-electron chi connectivity index (χ1n) is 5.16. The van der Waals surface area contributed by atoms with Crippen LogP contribution in [0.25, 0.3) is 0 Å². The molecule has 0 N–H and O–H groups in total. The highest BCUT2D eigenvalue weighted by Crippen LogP contribution is 2.28. The largest absolute Gasteiger partial charge is 0.309 e. The second kappa shape index (κ2) is 4.47. The lowest BCUT2D eigenvalue weighted by Gasteiger charge is -2.17. The molecular weight excluding hydrogens is 283 g/mol. The maximum Gasteiger partial charge on any atom is 0.307 e. The summed E-state index contributed by atoms with van der Waals surface area (Å²) in [6, 6.07) is 3.06. The summed E-state index contributed by atoms with van der Waals surface area (Å²) >= 11 is 5.69. The van der Waals surface area contributed by atoms with Gasteiger partial charge in [0.05, 0.1) is 11.4 Å². The van der Waals surface area contributed by atoms with E-state index in [2.05, 4.69) is 4.98 Å². The normalized spacial score (nSPS) is 20.5. The Morgan fingerprint density at radius 2 is 2.17 bits per heavy atom. The smallest absolute Gasteiger partial charge is 0.307 e. The highest BCUT2D eigenvalue weighted by molar-refractivity contribution is 7.87. The molecule has 1 aliphatic heterocycles. The van der Waals surface area contributed by atoms with E-state index in [-0.39, 0.29) is 18.1 Å². The standard InChI is InChI=1S/C10H10ClFN2O3S/c1-6-8(2-3-9(11)13-6)14-5-7(4-10(14)15)18(12,16)17/h2-3,7H,4-5H2,1H3. The van der Waals surface area contributed by atoms with Gasteiger partial charge in [0.2, 0.25) is 5.91 Å². The maximum absolute atomic E-state index is 12.9. The van der Waals surface area contributed by atoms with E-state index >= 15 is 0 Å². The molecule has 0 aromatic carbocycles. The van der Waals surface area contributed by atoms with Crippen molar-refractivity contribution < 1.29 is 17.1 Å². The third-order valence-corrected chi connectivity index (χ3v) is 4.12. The van der Waals surface area contributed by atoms with Gasteiger partial charge in [0.25, 0.3) is 0 Å². The van der Waals surface area contributed by atoms with Gasteiger partial charge in [0.1, 0.15) is 10.4 Å². The molecule has 1 atom stereocenters. The van der Waals surface area contributed by atoms with Crippen LogP contribution < -0.4 is 4.90 Å². The van der Waals surface area contributed by atoms with Crippen molar-refractivity contribution in [2.24, 2.45) is 0 Å². The number of halogens is 2. The van der Waals surface area contributed by atoms with E-state index in [9.17, 15) is 17.1 Å². The number of hydrogen-bond acceptors (Lipinski definition) is 4. The van der Waals surface area contributed by atoms with Gasteiger partial charge >= 0.3 is 10.2 Å². The average molecular weight is 293 g/mol. The molecule has 1 saturated heterocycles. The second-order valence-electron chi connectivity index (χ2n) is 4.04. The van der Waals surface area contributed by atoms with E-state index in [1.807, 2.05) is 0 Å². The van der Waals surface area contributed by atoms with E-state index in [4.69, 9.17) is 11.6 Å². The third-order valence-electron chi connectivity index (χ3n) is 2.80. The van der Waals surface area contributed by atoms with Gasteiger partial charge in [0.15, 0.2) is 0 Å². The molecule has 1 fully saturated rings. The van der Waals surface area contributed by atoms with Crippen LogP contribution in [0.1, 0.15) is 12.1 Å². The molecule has 1 unspecified atom stereocenters.